The molecule has 0 bridgehead atoms. The minimum Gasteiger partial charge on any atom is -0.490 e. The molecule has 0 spiro atoms. The zero-order valence-corrected chi connectivity index (χ0v) is 20.6. The number of nitrogens with zero attached hydrogens (tertiary/aromatic N) is 2. The van der Waals surface area contributed by atoms with Gasteiger partial charge >= 0.3 is 0 Å². The molecule has 3 aromatic rings. The SMILES string of the molecule is O=S(=O)(c1ccccc1)n1cc([C@H]2CCN3CCC[C@H]3C2)c2cc(OC3CCCCC3)ccc21. The van der Waals surface area contributed by atoms with Gasteiger partial charge in [-0.15, -0.1) is 0 Å². The lowest BCUT2D eigenvalue weighted by Gasteiger charge is -2.34. The van der Waals surface area contributed by atoms with Crippen molar-refractivity contribution >= 4 is 20.9 Å². The van der Waals surface area contributed by atoms with Gasteiger partial charge in [-0.25, -0.2) is 12.4 Å². The minimum atomic E-state index is -3.68. The van der Waals surface area contributed by atoms with Crippen LogP contribution in [0.4, 0.5) is 0 Å². The highest BCUT2D eigenvalue weighted by molar-refractivity contribution is 7.90. The number of ether oxygens (including phenoxy) is 1. The topological polar surface area (TPSA) is 51.5 Å². The molecule has 0 N–H and O–H groups in total. The van der Waals surface area contributed by atoms with E-state index in [1.165, 1.54) is 42.6 Å². The normalized spacial score (nSPS) is 24.4. The fourth-order valence-corrected chi connectivity index (χ4v) is 7.79. The Morgan fingerprint density at radius 3 is 2.50 bits per heavy atom. The van der Waals surface area contributed by atoms with Crippen molar-refractivity contribution in [1.82, 2.24) is 8.87 Å². The second kappa shape index (κ2) is 9.04. The molecule has 2 aliphatic heterocycles. The summed E-state index contributed by atoms with van der Waals surface area (Å²) in [6, 6.07) is 15.4. The van der Waals surface area contributed by atoms with Crippen LogP contribution < -0.4 is 4.74 Å². The highest BCUT2D eigenvalue weighted by Gasteiger charge is 2.34. The standard InChI is InChI=1S/C28H34N2O3S/c31-34(32,25-11-5-2-6-12-25)30-20-27(21-15-17-29-16-7-8-22(29)18-21)26-19-24(13-14-28(26)30)33-23-9-3-1-4-10-23/h2,5-6,11-14,19-23H,1,3-4,7-10,15-18H2/t21-,22-/m0/s1. The molecule has 2 aromatic carbocycles. The van der Waals surface area contributed by atoms with Crippen LogP contribution in [0.3, 0.4) is 0 Å². The van der Waals surface area contributed by atoms with Gasteiger partial charge in [-0.1, -0.05) is 24.6 Å². The lowest BCUT2D eigenvalue weighted by molar-refractivity contribution is 0.155. The molecular formula is C28H34N2O3S. The van der Waals surface area contributed by atoms with Crippen LogP contribution in [0.1, 0.15) is 69.3 Å². The summed E-state index contributed by atoms with van der Waals surface area (Å²) >= 11 is 0. The molecule has 5 nitrogen and oxygen atoms in total. The first-order chi connectivity index (χ1) is 16.6. The molecule has 6 heteroatoms. The van der Waals surface area contributed by atoms with E-state index in [1.807, 2.05) is 24.4 Å². The van der Waals surface area contributed by atoms with Crippen LogP contribution in [0.25, 0.3) is 10.9 Å². The van der Waals surface area contributed by atoms with Gasteiger partial charge in [0.05, 0.1) is 16.5 Å². The van der Waals surface area contributed by atoms with Gasteiger partial charge in [0.2, 0.25) is 0 Å². The van der Waals surface area contributed by atoms with Crippen molar-refractivity contribution in [3.05, 3.63) is 60.3 Å². The molecule has 180 valence electrons. The monoisotopic (exact) mass is 478 g/mol. The van der Waals surface area contributed by atoms with Crippen LogP contribution in [0.2, 0.25) is 0 Å². The molecule has 0 amide bonds. The van der Waals surface area contributed by atoms with Crippen molar-refractivity contribution < 1.29 is 13.2 Å². The van der Waals surface area contributed by atoms with Crippen LogP contribution in [0.15, 0.2) is 59.6 Å². The van der Waals surface area contributed by atoms with E-state index in [0.717, 1.165) is 54.4 Å². The Morgan fingerprint density at radius 1 is 0.853 bits per heavy atom. The van der Waals surface area contributed by atoms with Crippen molar-refractivity contribution in [1.29, 1.82) is 0 Å². The van der Waals surface area contributed by atoms with Crippen LogP contribution in [0, 0.1) is 0 Å². The summed E-state index contributed by atoms with van der Waals surface area (Å²) in [7, 11) is -3.68. The molecule has 1 aromatic heterocycles. The van der Waals surface area contributed by atoms with E-state index in [-0.39, 0.29) is 6.10 Å². The first-order valence-electron chi connectivity index (χ1n) is 13.0. The van der Waals surface area contributed by atoms with Crippen molar-refractivity contribution in [3.8, 4) is 5.75 Å². The minimum absolute atomic E-state index is 0.270. The predicted octanol–water partition coefficient (Wildman–Crippen LogP) is 5.93. The number of piperidine rings is 1. The quantitative estimate of drug-likeness (QED) is 0.456. The number of hydrogen-bond acceptors (Lipinski definition) is 4. The van der Waals surface area contributed by atoms with Gasteiger partial charge in [-0.3, -0.25) is 0 Å². The number of aromatic nitrogens is 1. The van der Waals surface area contributed by atoms with Gasteiger partial charge in [-0.05, 0) is 106 Å². The zero-order chi connectivity index (χ0) is 23.1. The average molecular weight is 479 g/mol. The Labute approximate surface area is 202 Å². The fraction of sp³-hybridized carbons (Fsp3) is 0.500. The van der Waals surface area contributed by atoms with E-state index >= 15 is 0 Å². The molecule has 0 radical (unpaired) electrons. The van der Waals surface area contributed by atoms with Crippen molar-refractivity contribution in [2.75, 3.05) is 13.1 Å². The van der Waals surface area contributed by atoms with Crippen LogP contribution in [-0.2, 0) is 10.0 Å². The van der Waals surface area contributed by atoms with E-state index in [9.17, 15) is 8.42 Å². The maximum absolute atomic E-state index is 13.7. The molecule has 6 rings (SSSR count). The summed E-state index contributed by atoms with van der Waals surface area (Å²) in [5, 5.41) is 1.03. The van der Waals surface area contributed by atoms with E-state index in [4.69, 9.17) is 4.74 Å². The summed E-state index contributed by atoms with van der Waals surface area (Å²) in [4.78, 5) is 2.94. The Balaban J connectivity index is 1.42. The average Bonchev–Trinajstić information content (AvgIpc) is 3.49. The van der Waals surface area contributed by atoms with Crippen molar-refractivity contribution in [2.24, 2.45) is 0 Å². The maximum atomic E-state index is 13.7. The molecule has 2 atom stereocenters. The Morgan fingerprint density at radius 2 is 1.68 bits per heavy atom. The molecular weight excluding hydrogens is 444 g/mol. The van der Waals surface area contributed by atoms with Gasteiger partial charge in [-0.2, -0.15) is 0 Å². The molecule has 0 unspecified atom stereocenters. The van der Waals surface area contributed by atoms with Crippen LogP contribution in [-0.4, -0.2) is 42.5 Å². The maximum Gasteiger partial charge on any atom is 0.268 e. The largest absolute Gasteiger partial charge is 0.490 e. The molecule has 1 aliphatic carbocycles. The van der Waals surface area contributed by atoms with Crippen molar-refractivity contribution in [2.45, 2.75) is 80.7 Å². The summed E-state index contributed by atoms with van der Waals surface area (Å²) in [5.74, 6) is 1.24. The third kappa shape index (κ3) is 4.05. The molecule has 3 heterocycles. The van der Waals surface area contributed by atoms with Gasteiger partial charge in [0, 0.05) is 17.6 Å². The van der Waals surface area contributed by atoms with E-state index in [0.29, 0.717) is 16.9 Å². The number of benzene rings is 2. The van der Waals surface area contributed by atoms with E-state index in [1.54, 1.807) is 24.3 Å². The van der Waals surface area contributed by atoms with Gasteiger partial charge < -0.3 is 9.64 Å². The molecule has 3 aliphatic rings. The van der Waals surface area contributed by atoms with Crippen LogP contribution in [0.5, 0.6) is 5.75 Å². The summed E-state index contributed by atoms with van der Waals surface area (Å²) in [6.45, 7) is 2.31. The van der Waals surface area contributed by atoms with Crippen molar-refractivity contribution in [3.63, 3.8) is 0 Å². The summed E-state index contributed by atoms with van der Waals surface area (Å²) in [5.41, 5.74) is 1.92. The predicted molar refractivity (Wildman–Crippen MR) is 135 cm³/mol. The highest BCUT2D eigenvalue weighted by atomic mass is 32.2. The molecule has 3 fully saturated rings. The molecule has 1 saturated carbocycles. The lowest BCUT2D eigenvalue weighted by atomic mass is 9.85. The second-order valence-corrected chi connectivity index (χ2v) is 12.1. The van der Waals surface area contributed by atoms with E-state index < -0.39 is 10.0 Å². The fourth-order valence-electron chi connectivity index (χ4n) is 6.39. The summed E-state index contributed by atoms with van der Waals surface area (Å²) < 4.78 is 35.2. The first-order valence-corrected chi connectivity index (χ1v) is 14.4. The third-order valence-electron chi connectivity index (χ3n) is 8.19. The Bertz CT molecular complexity index is 1260. The second-order valence-electron chi connectivity index (χ2n) is 10.3. The van der Waals surface area contributed by atoms with Gasteiger partial charge in [0.15, 0.2) is 0 Å². The number of hydrogen-bond donors (Lipinski definition) is 0. The first kappa shape index (κ1) is 22.2. The molecule has 2 saturated heterocycles. The number of rotatable bonds is 5. The smallest absolute Gasteiger partial charge is 0.268 e. The van der Waals surface area contributed by atoms with Gasteiger partial charge in [0.1, 0.15) is 5.75 Å². The van der Waals surface area contributed by atoms with Crippen LogP contribution >= 0.6 is 0 Å². The molecule has 34 heavy (non-hydrogen) atoms. The lowest BCUT2D eigenvalue weighted by Crippen LogP contribution is -2.37. The van der Waals surface area contributed by atoms with Gasteiger partial charge in [0.25, 0.3) is 10.0 Å². The Kier molecular flexibility index (Phi) is 5.90. The van der Waals surface area contributed by atoms with E-state index in [2.05, 4.69) is 11.0 Å². The Hall–Kier alpha value is -2.31. The summed E-state index contributed by atoms with van der Waals surface area (Å²) in [6.07, 6.45) is 12.9. The highest BCUT2D eigenvalue weighted by Crippen LogP contribution is 2.41. The zero-order valence-electron chi connectivity index (χ0n) is 19.7. The number of fused-ring (bicyclic) bond motifs is 2. The third-order valence-corrected chi connectivity index (χ3v) is 9.88.